The van der Waals surface area contributed by atoms with E-state index in [1.807, 2.05) is 24.7 Å². The van der Waals surface area contributed by atoms with E-state index in [0.29, 0.717) is 17.7 Å². The fourth-order valence-corrected chi connectivity index (χ4v) is 2.94. The molecule has 0 aliphatic heterocycles. The van der Waals surface area contributed by atoms with Gasteiger partial charge in [-0.05, 0) is 18.6 Å². The third kappa shape index (κ3) is 4.13. The normalized spacial score (nSPS) is 11.8. The number of thioether (sulfide) groups is 1. The molecule has 0 saturated heterocycles. The van der Waals surface area contributed by atoms with Crippen molar-refractivity contribution < 1.29 is 14.3 Å². The summed E-state index contributed by atoms with van der Waals surface area (Å²) in [6.07, 6.45) is 4.17. The van der Waals surface area contributed by atoms with Crippen LogP contribution in [0.15, 0.2) is 41.8 Å². The second kappa shape index (κ2) is 7.82. The number of amides is 1. The molecule has 1 atom stereocenters. The SMILES string of the molecule is CCC(Sc1nccn1C)C(=O)Nc1ccccc1C(=O)OC. The van der Waals surface area contributed by atoms with Crippen LogP contribution in [0.1, 0.15) is 23.7 Å². The summed E-state index contributed by atoms with van der Waals surface area (Å²) in [5.41, 5.74) is 0.781. The van der Waals surface area contributed by atoms with Crippen molar-refractivity contribution in [3.05, 3.63) is 42.2 Å². The van der Waals surface area contributed by atoms with Gasteiger partial charge in [0.15, 0.2) is 5.16 Å². The minimum absolute atomic E-state index is 0.170. The minimum Gasteiger partial charge on any atom is -0.465 e. The molecule has 0 aliphatic carbocycles. The molecule has 0 spiro atoms. The molecule has 23 heavy (non-hydrogen) atoms. The van der Waals surface area contributed by atoms with Gasteiger partial charge in [0.25, 0.3) is 0 Å². The predicted octanol–water partition coefficient (Wildman–Crippen LogP) is 2.72. The molecule has 6 nitrogen and oxygen atoms in total. The van der Waals surface area contributed by atoms with Gasteiger partial charge < -0.3 is 14.6 Å². The van der Waals surface area contributed by atoms with E-state index in [2.05, 4.69) is 10.3 Å². The van der Waals surface area contributed by atoms with Crippen LogP contribution in [-0.2, 0) is 16.6 Å². The molecule has 1 aromatic carbocycles. The van der Waals surface area contributed by atoms with Crippen LogP contribution in [0, 0.1) is 0 Å². The quantitative estimate of drug-likeness (QED) is 0.650. The van der Waals surface area contributed by atoms with Crippen LogP contribution in [-0.4, -0.2) is 33.8 Å². The van der Waals surface area contributed by atoms with Gasteiger partial charge in [0.1, 0.15) is 0 Å². The lowest BCUT2D eigenvalue weighted by Gasteiger charge is -2.15. The van der Waals surface area contributed by atoms with Gasteiger partial charge in [-0.1, -0.05) is 30.8 Å². The molecule has 122 valence electrons. The van der Waals surface area contributed by atoms with Gasteiger partial charge in [0, 0.05) is 19.4 Å². The van der Waals surface area contributed by atoms with Crippen LogP contribution in [0.3, 0.4) is 0 Å². The molecule has 0 saturated carbocycles. The van der Waals surface area contributed by atoms with Gasteiger partial charge in [-0.2, -0.15) is 0 Å². The molecular formula is C16H19N3O3S. The van der Waals surface area contributed by atoms with E-state index in [-0.39, 0.29) is 11.2 Å². The fourth-order valence-electron chi connectivity index (χ4n) is 2.01. The van der Waals surface area contributed by atoms with Crippen LogP contribution >= 0.6 is 11.8 Å². The van der Waals surface area contributed by atoms with Crippen molar-refractivity contribution in [1.29, 1.82) is 0 Å². The van der Waals surface area contributed by atoms with E-state index < -0.39 is 5.97 Å². The molecule has 0 fully saturated rings. The number of aromatic nitrogens is 2. The lowest BCUT2D eigenvalue weighted by molar-refractivity contribution is -0.115. The maximum absolute atomic E-state index is 12.5. The Bertz CT molecular complexity index is 699. The van der Waals surface area contributed by atoms with Crippen molar-refractivity contribution in [2.75, 3.05) is 12.4 Å². The third-order valence-electron chi connectivity index (χ3n) is 3.28. The molecule has 7 heteroatoms. The van der Waals surface area contributed by atoms with Crippen LogP contribution < -0.4 is 5.32 Å². The number of carbonyl (C=O) groups is 2. The molecule has 0 bridgehead atoms. The first-order valence-electron chi connectivity index (χ1n) is 7.19. The van der Waals surface area contributed by atoms with Gasteiger partial charge in [-0.3, -0.25) is 4.79 Å². The van der Waals surface area contributed by atoms with E-state index in [9.17, 15) is 9.59 Å². The average molecular weight is 333 g/mol. The number of imidazole rings is 1. The van der Waals surface area contributed by atoms with Crippen molar-refractivity contribution in [1.82, 2.24) is 9.55 Å². The maximum Gasteiger partial charge on any atom is 0.339 e. The summed E-state index contributed by atoms with van der Waals surface area (Å²) in [6.45, 7) is 1.94. The molecule has 0 aliphatic rings. The summed E-state index contributed by atoms with van der Waals surface area (Å²) < 4.78 is 6.60. The molecule has 1 aromatic heterocycles. The Balaban J connectivity index is 2.14. The van der Waals surface area contributed by atoms with Gasteiger partial charge in [0.05, 0.1) is 23.6 Å². The number of esters is 1. The molecule has 1 amide bonds. The summed E-state index contributed by atoms with van der Waals surface area (Å²) in [6, 6.07) is 6.79. The first-order valence-corrected chi connectivity index (χ1v) is 8.07. The summed E-state index contributed by atoms with van der Waals surface area (Å²) in [5, 5.41) is 3.28. The number of hydrogen-bond acceptors (Lipinski definition) is 5. The van der Waals surface area contributed by atoms with E-state index in [1.165, 1.54) is 18.9 Å². The Morgan fingerprint density at radius 3 is 2.74 bits per heavy atom. The number of nitrogens with one attached hydrogen (secondary N) is 1. The Labute approximate surface area is 139 Å². The van der Waals surface area contributed by atoms with Crippen molar-refractivity contribution in [3.8, 4) is 0 Å². The highest BCUT2D eigenvalue weighted by molar-refractivity contribution is 8.00. The topological polar surface area (TPSA) is 73.2 Å². The molecule has 0 radical (unpaired) electrons. The van der Waals surface area contributed by atoms with E-state index in [0.717, 1.165) is 5.16 Å². The van der Waals surface area contributed by atoms with Crippen molar-refractivity contribution in [2.45, 2.75) is 23.8 Å². The third-order valence-corrected chi connectivity index (χ3v) is 4.71. The Morgan fingerprint density at radius 2 is 2.13 bits per heavy atom. The molecular weight excluding hydrogens is 314 g/mol. The molecule has 1 heterocycles. The first-order chi connectivity index (χ1) is 11.1. The van der Waals surface area contributed by atoms with E-state index >= 15 is 0 Å². The standard InChI is InChI=1S/C16H19N3O3S/c1-4-13(23-16-17-9-10-19(16)2)14(20)18-12-8-6-5-7-11(12)15(21)22-3/h5-10,13H,4H2,1-3H3,(H,18,20). The minimum atomic E-state index is -0.481. The zero-order chi connectivity index (χ0) is 16.8. The number of nitrogens with zero attached hydrogens (tertiary/aromatic N) is 2. The molecule has 1 N–H and O–H groups in total. The Hall–Kier alpha value is -2.28. The number of hydrogen-bond donors (Lipinski definition) is 1. The number of benzene rings is 1. The maximum atomic E-state index is 12.5. The van der Waals surface area contributed by atoms with Gasteiger partial charge in [-0.15, -0.1) is 0 Å². The second-order valence-electron chi connectivity index (χ2n) is 4.86. The van der Waals surface area contributed by atoms with E-state index in [1.54, 1.807) is 30.5 Å². The smallest absolute Gasteiger partial charge is 0.339 e. The van der Waals surface area contributed by atoms with Gasteiger partial charge in [0.2, 0.25) is 5.91 Å². The van der Waals surface area contributed by atoms with Crippen molar-refractivity contribution in [3.63, 3.8) is 0 Å². The lowest BCUT2D eigenvalue weighted by Crippen LogP contribution is -2.26. The monoisotopic (exact) mass is 333 g/mol. The van der Waals surface area contributed by atoms with Gasteiger partial charge in [-0.25, -0.2) is 9.78 Å². The summed E-state index contributed by atoms with van der Waals surface area (Å²) in [5.74, 6) is -0.650. The number of anilines is 1. The highest BCUT2D eigenvalue weighted by Crippen LogP contribution is 2.25. The summed E-state index contributed by atoms with van der Waals surface area (Å²) in [4.78, 5) is 28.5. The highest BCUT2D eigenvalue weighted by Gasteiger charge is 2.22. The molecule has 2 aromatic rings. The summed E-state index contributed by atoms with van der Waals surface area (Å²) in [7, 11) is 3.19. The van der Waals surface area contributed by atoms with Crippen LogP contribution in [0.4, 0.5) is 5.69 Å². The largest absolute Gasteiger partial charge is 0.465 e. The number of aryl methyl sites for hydroxylation is 1. The lowest BCUT2D eigenvalue weighted by atomic mass is 10.1. The number of rotatable bonds is 6. The van der Waals surface area contributed by atoms with Crippen LogP contribution in [0.25, 0.3) is 0 Å². The first kappa shape index (κ1) is 17.1. The van der Waals surface area contributed by atoms with Crippen LogP contribution in [0.5, 0.6) is 0 Å². The fraction of sp³-hybridized carbons (Fsp3) is 0.312. The van der Waals surface area contributed by atoms with E-state index in [4.69, 9.17) is 4.74 Å². The van der Waals surface area contributed by atoms with Crippen molar-refractivity contribution in [2.24, 2.45) is 7.05 Å². The second-order valence-corrected chi connectivity index (χ2v) is 6.03. The molecule has 1 unspecified atom stereocenters. The zero-order valence-corrected chi connectivity index (χ0v) is 14.1. The molecule has 2 rings (SSSR count). The zero-order valence-electron chi connectivity index (χ0n) is 13.3. The number of methoxy groups -OCH3 is 1. The van der Waals surface area contributed by atoms with Crippen molar-refractivity contribution >= 4 is 29.3 Å². The average Bonchev–Trinajstić information content (AvgIpc) is 2.97. The summed E-state index contributed by atoms with van der Waals surface area (Å²) >= 11 is 1.39. The number of ether oxygens (including phenoxy) is 1. The Morgan fingerprint density at radius 1 is 1.39 bits per heavy atom. The predicted molar refractivity (Wildman–Crippen MR) is 89.6 cm³/mol. The van der Waals surface area contributed by atoms with Gasteiger partial charge >= 0.3 is 5.97 Å². The number of carbonyl (C=O) groups excluding carboxylic acids is 2. The number of para-hydroxylation sites is 1. The van der Waals surface area contributed by atoms with Crippen LogP contribution in [0.2, 0.25) is 0 Å². The highest BCUT2D eigenvalue weighted by atomic mass is 32.2. The Kier molecular flexibility index (Phi) is 5.81.